The molecular formula is C15H11ClN2O5. The minimum absolute atomic E-state index is 0.152. The molecule has 1 aliphatic rings. The van der Waals surface area contributed by atoms with Gasteiger partial charge in [-0.3, -0.25) is 14.5 Å². The van der Waals surface area contributed by atoms with E-state index in [1.807, 2.05) is 0 Å². The highest BCUT2D eigenvalue weighted by Crippen LogP contribution is 2.40. The van der Waals surface area contributed by atoms with E-state index >= 15 is 0 Å². The Bertz CT molecular complexity index is 779. The van der Waals surface area contributed by atoms with E-state index in [0.717, 1.165) is 12.0 Å². The Kier molecular flexibility index (Phi) is 4.67. The van der Waals surface area contributed by atoms with Crippen molar-refractivity contribution in [3.63, 3.8) is 0 Å². The molecule has 0 atom stereocenters. The van der Waals surface area contributed by atoms with E-state index in [-0.39, 0.29) is 17.7 Å². The highest BCUT2D eigenvalue weighted by atomic mass is 35.5. The fourth-order valence-electron chi connectivity index (χ4n) is 2.20. The Morgan fingerprint density at radius 2 is 2.00 bits per heavy atom. The molecule has 8 heteroatoms. The van der Waals surface area contributed by atoms with Gasteiger partial charge in [-0.2, -0.15) is 5.26 Å². The van der Waals surface area contributed by atoms with E-state index in [1.165, 1.54) is 25.3 Å². The third-order valence-electron chi connectivity index (χ3n) is 3.24. The fraction of sp³-hybridized carbons (Fsp3) is 0.200. The smallest absolute Gasteiger partial charge is 0.349 e. The van der Waals surface area contributed by atoms with Crippen LogP contribution in [-0.2, 0) is 23.9 Å². The van der Waals surface area contributed by atoms with Crippen molar-refractivity contribution in [1.29, 1.82) is 5.26 Å². The van der Waals surface area contributed by atoms with Gasteiger partial charge in [-0.05, 0) is 18.2 Å². The van der Waals surface area contributed by atoms with Gasteiger partial charge in [0.1, 0.15) is 12.6 Å². The summed E-state index contributed by atoms with van der Waals surface area (Å²) in [5.74, 6) is -2.26. The summed E-state index contributed by atoms with van der Waals surface area (Å²) in [5.41, 5.74) is 0.0407. The zero-order valence-corrected chi connectivity index (χ0v) is 13.0. The zero-order valence-electron chi connectivity index (χ0n) is 12.3. The summed E-state index contributed by atoms with van der Waals surface area (Å²) >= 11 is 5.94. The summed E-state index contributed by atoms with van der Waals surface area (Å²) in [6.45, 7) is -0.354. The van der Waals surface area contributed by atoms with Gasteiger partial charge in [0.25, 0.3) is 5.91 Å². The zero-order chi connectivity index (χ0) is 17.1. The van der Waals surface area contributed by atoms with Gasteiger partial charge >= 0.3 is 11.9 Å². The molecule has 0 radical (unpaired) electrons. The lowest BCUT2D eigenvalue weighted by molar-refractivity contribution is -0.139. The van der Waals surface area contributed by atoms with Crippen LogP contribution in [0.5, 0.6) is 0 Å². The number of nitriles is 1. The molecule has 1 aromatic carbocycles. The lowest BCUT2D eigenvalue weighted by atomic mass is 10.0. The lowest BCUT2D eigenvalue weighted by Crippen LogP contribution is -2.33. The molecule has 1 aliphatic heterocycles. The monoisotopic (exact) mass is 334 g/mol. The molecular weight excluding hydrogens is 324 g/mol. The first-order valence-electron chi connectivity index (χ1n) is 6.35. The summed E-state index contributed by atoms with van der Waals surface area (Å²) in [5, 5.41) is 9.53. The normalized spacial score (nSPS) is 14.9. The summed E-state index contributed by atoms with van der Waals surface area (Å²) in [6.07, 6.45) is 0. The van der Waals surface area contributed by atoms with Crippen LogP contribution in [0, 0.1) is 11.3 Å². The standard InChI is InChI=1S/C15H11ClN2O5/c1-22-12(19)7-18-11-4-3-8(16)5-9(11)13(14(18)20)10(6-17)15(21)23-2/h3-5H,7H2,1-2H3. The number of ether oxygens (including phenoxy) is 2. The van der Waals surface area contributed by atoms with E-state index in [0.29, 0.717) is 10.7 Å². The number of anilines is 1. The second kappa shape index (κ2) is 6.50. The maximum Gasteiger partial charge on any atom is 0.349 e. The highest BCUT2D eigenvalue weighted by Gasteiger charge is 2.38. The van der Waals surface area contributed by atoms with Crippen molar-refractivity contribution < 1.29 is 23.9 Å². The second-order valence-corrected chi connectivity index (χ2v) is 4.92. The number of halogens is 1. The summed E-state index contributed by atoms with van der Waals surface area (Å²) < 4.78 is 9.09. The van der Waals surface area contributed by atoms with E-state index in [1.54, 1.807) is 6.07 Å². The van der Waals surface area contributed by atoms with Gasteiger partial charge in [-0.25, -0.2) is 4.79 Å². The first-order chi connectivity index (χ1) is 10.9. The molecule has 0 aliphatic carbocycles. The molecule has 0 fully saturated rings. The molecule has 0 saturated heterocycles. The van der Waals surface area contributed by atoms with Gasteiger partial charge in [0, 0.05) is 10.6 Å². The molecule has 0 unspecified atom stereocenters. The number of methoxy groups -OCH3 is 2. The van der Waals surface area contributed by atoms with E-state index in [9.17, 15) is 19.6 Å². The van der Waals surface area contributed by atoms with Crippen molar-refractivity contribution in [3.05, 3.63) is 34.4 Å². The predicted octanol–water partition coefficient (Wildman–Crippen LogP) is 1.31. The highest BCUT2D eigenvalue weighted by molar-refractivity contribution is 6.38. The Hall–Kier alpha value is -2.85. The number of rotatable bonds is 3. The number of nitrogens with zero attached hydrogens (tertiary/aromatic N) is 2. The van der Waals surface area contributed by atoms with Crippen LogP contribution in [0.1, 0.15) is 5.56 Å². The number of esters is 2. The van der Waals surface area contributed by atoms with Crippen molar-refractivity contribution in [2.75, 3.05) is 25.7 Å². The molecule has 2 rings (SSSR count). The Balaban J connectivity index is 2.68. The van der Waals surface area contributed by atoms with Crippen LogP contribution in [0.3, 0.4) is 0 Å². The van der Waals surface area contributed by atoms with Crippen molar-refractivity contribution in [2.45, 2.75) is 0 Å². The van der Waals surface area contributed by atoms with Crippen LogP contribution in [-0.4, -0.2) is 38.6 Å². The topological polar surface area (TPSA) is 96.7 Å². The number of hydrogen-bond acceptors (Lipinski definition) is 6. The van der Waals surface area contributed by atoms with Gasteiger partial charge in [-0.15, -0.1) is 0 Å². The van der Waals surface area contributed by atoms with E-state index in [2.05, 4.69) is 9.47 Å². The molecule has 0 saturated carbocycles. The van der Waals surface area contributed by atoms with Gasteiger partial charge in [-0.1, -0.05) is 11.6 Å². The fourth-order valence-corrected chi connectivity index (χ4v) is 2.37. The average molecular weight is 335 g/mol. The van der Waals surface area contributed by atoms with Crippen LogP contribution in [0.2, 0.25) is 5.02 Å². The molecule has 0 N–H and O–H groups in total. The first kappa shape index (κ1) is 16.5. The minimum Gasteiger partial charge on any atom is -0.468 e. The summed E-state index contributed by atoms with van der Waals surface area (Å²) in [7, 11) is 2.29. The summed E-state index contributed by atoms with van der Waals surface area (Å²) in [4.78, 5) is 37.0. The molecule has 1 heterocycles. The van der Waals surface area contributed by atoms with E-state index in [4.69, 9.17) is 11.6 Å². The molecule has 0 spiro atoms. The number of benzene rings is 1. The third-order valence-corrected chi connectivity index (χ3v) is 3.48. The number of amides is 1. The Morgan fingerprint density at radius 1 is 1.30 bits per heavy atom. The maximum atomic E-state index is 12.6. The van der Waals surface area contributed by atoms with Crippen molar-refractivity contribution in [2.24, 2.45) is 0 Å². The minimum atomic E-state index is -0.943. The van der Waals surface area contributed by atoms with Crippen LogP contribution in [0.4, 0.5) is 5.69 Å². The first-order valence-corrected chi connectivity index (χ1v) is 6.73. The van der Waals surface area contributed by atoms with Gasteiger partial charge in [0.2, 0.25) is 0 Å². The number of carbonyl (C=O) groups is 3. The van der Waals surface area contributed by atoms with Crippen LogP contribution >= 0.6 is 11.6 Å². The number of fused-ring (bicyclic) bond motifs is 1. The maximum absolute atomic E-state index is 12.6. The number of hydrogen-bond donors (Lipinski definition) is 0. The second-order valence-electron chi connectivity index (χ2n) is 4.48. The van der Waals surface area contributed by atoms with Crippen LogP contribution < -0.4 is 4.90 Å². The van der Waals surface area contributed by atoms with Crippen molar-refractivity contribution in [3.8, 4) is 6.07 Å². The third kappa shape index (κ3) is 2.89. The molecule has 1 amide bonds. The lowest BCUT2D eigenvalue weighted by Gasteiger charge is -2.15. The van der Waals surface area contributed by atoms with Crippen LogP contribution in [0.15, 0.2) is 23.8 Å². The SMILES string of the molecule is COC(=O)CN1C(=O)C(=C(C#N)C(=O)OC)c2cc(Cl)ccc21. The Labute approximate surface area is 136 Å². The molecule has 7 nitrogen and oxygen atoms in total. The summed E-state index contributed by atoms with van der Waals surface area (Å²) in [6, 6.07) is 6.18. The van der Waals surface area contributed by atoms with E-state index < -0.39 is 23.4 Å². The van der Waals surface area contributed by atoms with Gasteiger partial charge in [0.05, 0.1) is 25.5 Å². The molecule has 0 aromatic heterocycles. The quantitative estimate of drug-likeness (QED) is 0.469. The molecule has 1 aromatic rings. The molecule has 0 bridgehead atoms. The van der Waals surface area contributed by atoms with Gasteiger partial charge < -0.3 is 9.47 Å². The Morgan fingerprint density at radius 3 is 2.57 bits per heavy atom. The molecule has 23 heavy (non-hydrogen) atoms. The molecule has 118 valence electrons. The largest absolute Gasteiger partial charge is 0.468 e. The average Bonchev–Trinajstić information content (AvgIpc) is 2.80. The van der Waals surface area contributed by atoms with Crippen molar-refractivity contribution in [1.82, 2.24) is 0 Å². The van der Waals surface area contributed by atoms with Crippen molar-refractivity contribution >= 4 is 40.7 Å². The predicted molar refractivity (Wildman–Crippen MR) is 80.4 cm³/mol. The number of carbonyl (C=O) groups excluding carboxylic acids is 3. The van der Waals surface area contributed by atoms with Crippen LogP contribution in [0.25, 0.3) is 5.57 Å². The van der Waals surface area contributed by atoms with Gasteiger partial charge in [0.15, 0.2) is 5.57 Å².